The van der Waals surface area contributed by atoms with E-state index in [9.17, 15) is 4.79 Å². The average Bonchev–Trinajstić information content (AvgIpc) is 2.53. The van der Waals surface area contributed by atoms with Crippen LogP contribution in [-0.2, 0) is 11.2 Å². The van der Waals surface area contributed by atoms with E-state index in [4.69, 9.17) is 0 Å². The number of carbonyl (C=O) groups excluding carboxylic acids is 1. The van der Waals surface area contributed by atoms with Crippen molar-refractivity contribution in [2.75, 3.05) is 25.5 Å². The molecular formula is C19H31IN4O. The van der Waals surface area contributed by atoms with Crippen molar-refractivity contribution in [3.05, 3.63) is 29.8 Å². The van der Waals surface area contributed by atoms with Crippen molar-refractivity contribution in [3.8, 4) is 0 Å². The number of nitrogens with one attached hydrogen (secondary N) is 3. The Hall–Kier alpha value is -1.31. The molecule has 0 atom stereocenters. The molecule has 0 unspecified atom stereocenters. The van der Waals surface area contributed by atoms with Crippen molar-refractivity contribution in [2.24, 2.45) is 10.4 Å². The van der Waals surface area contributed by atoms with Gasteiger partial charge in [0.2, 0.25) is 5.91 Å². The van der Waals surface area contributed by atoms with Crippen LogP contribution >= 0.6 is 24.0 Å². The Balaban J connectivity index is 0.00000312. The molecule has 0 saturated heterocycles. The van der Waals surface area contributed by atoms with Crippen LogP contribution in [0, 0.1) is 5.41 Å². The maximum Gasteiger partial charge on any atom is 0.221 e. The van der Waals surface area contributed by atoms with E-state index in [2.05, 4.69) is 27.9 Å². The smallest absolute Gasteiger partial charge is 0.221 e. The van der Waals surface area contributed by atoms with Gasteiger partial charge in [0.25, 0.3) is 0 Å². The van der Waals surface area contributed by atoms with Gasteiger partial charge in [-0.05, 0) is 48.8 Å². The van der Waals surface area contributed by atoms with Crippen molar-refractivity contribution >= 4 is 41.5 Å². The van der Waals surface area contributed by atoms with Crippen molar-refractivity contribution in [2.45, 2.75) is 46.0 Å². The normalized spacial score (nSPS) is 15.6. The number of carbonyl (C=O) groups is 1. The first kappa shape index (κ1) is 21.7. The van der Waals surface area contributed by atoms with Gasteiger partial charge in [-0.3, -0.25) is 9.79 Å². The fraction of sp³-hybridized carbons (Fsp3) is 0.579. The van der Waals surface area contributed by atoms with Crippen LogP contribution in [0.25, 0.3) is 0 Å². The van der Waals surface area contributed by atoms with E-state index in [1.54, 1.807) is 0 Å². The summed E-state index contributed by atoms with van der Waals surface area (Å²) >= 11 is 0. The summed E-state index contributed by atoms with van der Waals surface area (Å²) in [6.45, 7) is 5.64. The lowest BCUT2D eigenvalue weighted by Gasteiger charge is -2.41. The molecule has 1 amide bonds. The van der Waals surface area contributed by atoms with Crippen LogP contribution in [-0.4, -0.2) is 32.0 Å². The van der Waals surface area contributed by atoms with E-state index in [1.807, 2.05) is 31.3 Å². The monoisotopic (exact) mass is 458 g/mol. The molecule has 2 rings (SSSR count). The molecule has 1 saturated carbocycles. The molecule has 1 aliphatic rings. The highest BCUT2D eigenvalue weighted by Gasteiger charge is 2.34. The predicted molar refractivity (Wildman–Crippen MR) is 116 cm³/mol. The highest BCUT2D eigenvalue weighted by Crippen LogP contribution is 2.42. The molecule has 3 N–H and O–H groups in total. The average molecular weight is 458 g/mol. The highest BCUT2D eigenvalue weighted by molar-refractivity contribution is 14.0. The number of halogens is 1. The lowest BCUT2D eigenvalue weighted by molar-refractivity contribution is -0.114. The number of aliphatic imine (C=N–C) groups is 1. The topological polar surface area (TPSA) is 65.5 Å². The number of guanidine groups is 1. The first-order valence-corrected chi connectivity index (χ1v) is 8.88. The number of anilines is 1. The van der Waals surface area contributed by atoms with Gasteiger partial charge in [-0.2, -0.15) is 0 Å². The Morgan fingerprint density at radius 3 is 2.36 bits per heavy atom. The minimum atomic E-state index is -0.0457. The summed E-state index contributed by atoms with van der Waals surface area (Å²) in [4.78, 5) is 15.3. The molecule has 1 fully saturated rings. The Labute approximate surface area is 168 Å². The van der Waals surface area contributed by atoms with Crippen molar-refractivity contribution < 1.29 is 4.79 Å². The van der Waals surface area contributed by atoms with Gasteiger partial charge in [0.15, 0.2) is 5.96 Å². The van der Waals surface area contributed by atoms with Crippen molar-refractivity contribution in [1.82, 2.24) is 10.6 Å². The SMILES string of the molecule is CCC1(CNC(=NC)NCCc2ccc(NC(C)=O)cc2)CCC1.I. The summed E-state index contributed by atoms with van der Waals surface area (Å²) in [5.41, 5.74) is 2.55. The van der Waals surface area contributed by atoms with Crippen LogP contribution in [0.1, 0.15) is 45.1 Å². The van der Waals surface area contributed by atoms with E-state index in [1.165, 1.54) is 38.2 Å². The largest absolute Gasteiger partial charge is 0.356 e. The lowest BCUT2D eigenvalue weighted by Crippen LogP contribution is -2.46. The second-order valence-corrected chi connectivity index (χ2v) is 6.69. The maximum absolute atomic E-state index is 11.0. The second kappa shape index (κ2) is 10.6. The predicted octanol–water partition coefficient (Wildman–Crippen LogP) is 3.55. The third kappa shape index (κ3) is 6.84. The maximum atomic E-state index is 11.0. The number of amides is 1. The molecule has 0 spiro atoms. The second-order valence-electron chi connectivity index (χ2n) is 6.69. The molecule has 0 heterocycles. The molecule has 0 aliphatic heterocycles. The molecule has 0 aromatic heterocycles. The summed E-state index contributed by atoms with van der Waals surface area (Å²) in [5, 5.41) is 9.63. The van der Waals surface area contributed by atoms with Crippen LogP contribution < -0.4 is 16.0 Å². The number of hydrogen-bond acceptors (Lipinski definition) is 2. The third-order valence-electron chi connectivity index (χ3n) is 5.00. The molecule has 1 aliphatic carbocycles. The first-order chi connectivity index (χ1) is 11.6. The van der Waals surface area contributed by atoms with E-state index in [-0.39, 0.29) is 29.9 Å². The van der Waals surface area contributed by atoms with Crippen LogP contribution in [0.3, 0.4) is 0 Å². The van der Waals surface area contributed by atoms with Crippen LogP contribution in [0.5, 0.6) is 0 Å². The Morgan fingerprint density at radius 2 is 1.88 bits per heavy atom. The summed E-state index contributed by atoms with van der Waals surface area (Å²) in [6.07, 6.45) is 6.16. The molecule has 6 heteroatoms. The van der Waals surface area contributed by atoms with Gasteiger partial charge in [-0.15, -0.1) is 24.0 Å². The van der Waals surface area contributed by atoms with Crippen LogP contribution in [0.4, 0.5) is 5.69 Å². The number of benzene rings is 1. The Morgan fingerprint density at radius 1 is 1.20 bits per heavy atom. The van der Waals surface area contributed by atoms with Crippen LogP contribution in [0.15, 0.2) is 29.3 Å². The van der Waals surface area contributed by atoms with Gasteiger partial charge in [-0.1, -0.05) is 25.5 Å². The van der Waals surface area contributed by atoms with Gasteiger partial charge in [0, 0.05) is 32.7 Å². The molecule has 1 aromatic carbocycles. The molecule has 1 aromatic rings. The molecule has 0 radical (unpaired) electrons. The quantitative estimate of drug-likeness (QED) is 0.333. The van der Waals surface area contributed by atoms with Gasteiger partial charge >= 0.3 is 0 Å². The molecule has 0 bridgehead atoms. The molecule has 25 heavy (non-hydrogen) atoms. The molecular weight excluding hydrogens is 427 g/mol. The summed E-state index contributed by atoms with van der Waals surface area (Å²) in [6, 6.07) is 7.96. The minimum Gasteiger partial charge on any atom is -0.356 e. The zero-order chi connectivity index (χ0) is 17.4. The van der Waals surface area contributed by atoms with Gasteiger partial charge in [0.1, 0.15) is 0 Å². The zero-order valence-corrected chi connectivity index (χ0v) is 17.9. The fourth-order valence-electron chi connectivity index (χ4n) is 3.11. The van der Waals surface area contributed by atoms with E-state index in [0.29, 0.717) is 5.41 Å². The van der Waals surface area contributed by atoms with Gasteiger partial charge in [0.05, 0.1) is 0 Å². The minimum absolute atomic E-state index is 0. The Kier molecular flexibility index (Phi) is 9.24. The van der Waals surface area contributed by atoms with Crippen LogP contribution in [0.2, 0.25) is 0 Å². The number of rotatable bonds is 7. The first-order valence-electron chi connectivity index (χ1n) is 8.88. The highest BCUT2D eigenvalue weighted by atomic mass is 127. The lowest BCUT2D eigenvalue weighted by atomic mass is 9.67. The van der Waals surface area contributed by atoms with Gasteiger partial charge in [-0.25, -0.2) is 0 Å². The van der Waals surface area contributed by atoms with Crippen molar-refractivity contribution in [1.29, 1.82) is 0 Å². The summed E-state index contributed by atoms with van der Waals surface area (Å²) in [5.74, 6) is 0.834. The standard InChI is InChI=1S/C19H30N4O.HI/c1-4-19(11-5-12-19)14-22-18(20-3)21-13-10-16-6-8-17(9-7-16)23-15(2)24;/h6-9H,4-5,10-14H2,1-3H3,(H,23,24)(H2,20,21,22);1H. The summed E-state index contributed by atoms with van der Waals surface area (Å²) in [7, 11) is 1.82. The van der Waals surface area contributed by atoms with Crippen molar-refractivity contribution in [3.63, 3.8) is 0 Å². The molecule has 5 nitrogen and oxygen atoms in total. The molecule has 140 valence electrons. The van der Waals surface area contributed by atoms with E-state index in [0.717, 1.165) is 31.2 Å². The van der Waals surface area contributed by atoms with E-state index >= 15 is 0 Å². The number of nitrogens with zero attached hydrogens (tertiary/aromatic N) is 1. The fourth-order valence-corrected chi connectivity index (χ4v) is 3.11. The van der Waals surface area contributed by atoms with Gasteiger partial charge < -0.3 is 16.0 Å². The zero-order valence-electron chi connectivity index (χ0n) is 15.5. The third-order valence-corrected chi connectivity index (χ3v) is 5.00. The summed E-state index contributed by atoms with van der Waals surface area (Å²) < 4.78 is 0. The number of hydrogen-bond donors (Lipinski definition) is 3. The Bertz CT molecular complexity index is 562. The van der Waals surface area contributed by atoms with E-state index < -0.39 is 0 Å².